The number of ether oxygens (including phenoxy) is 1. The van der Waals surface area contributed by atoms with Gasteiger partial charge >= 0.3 is 5.97 Å². The van der Waals surface area contributed by atoms with Crippen molar-refractivity contribution < 1.29 is 14.1 Å². The molecule has 2 aromatic rings. The number of hydrogen-bond donors (Lipinski definition) is 0. The summed E-state index contributed by atoms with van der Waals surface area (Å²) in [5, 5.41) is 3.84. The van der Waals surface area contributed by atoms with Gasteiger partial charge in [-0.25, -0.2) is 9.97 Å². The predicted octanol–water partition coefficient (Wildman–Crippen LogP) is 2.14. The molecule has 1 unspecified atom stereocenters. The van der Waals surface area contributed by atoms with Crippen LogP contribution in [-0.4, -0.2) is 32.7 Å². The summed E-state index contributed by atoms with van der Waals surface area (Å²) in [6.45, 7) is 7.75. The van der Waals surface area contributed by atoms with Crippen LogP contribution >= 0.6 is 0 Å². The topological polar surface area (TPSA) is 91.0 Å². The molecule has 0 aliphatic heterocycles. The number of carbonyl (C=O) groups excluding carboxylic acids is 1. The average molecular weight is 290 g/mol. The second-order valence-corrected chi connectivity index (χ2v) is 5.01. The minimum absolute atomic E-state index is 0.0173. The van der Waals surface area contributed by atoms with E-state index in [1.165, 1.54) is 0 Å². The highest BCUT2D eigenvalue weighted by Crippen LogP contribution is 2.26. The first-order valence-corrected chi connectivity index (χ1v) is 6.82. The summed E-state index contributed by atoms with van der Waals surface area (Å²) < 4.78 is 10.3. The highest BCUT2D eigenvalue weighted by Gasteiger charge is 2.31. The van der Waals surface area contributed by atoms with Gasteiger partial charge in [0.05, 0.1) is 6.61 Å². The van der Waals surface area contributed by atoms with E-state index in [9.17, 15) is 4.79 Å². The number of aromatic nitrogens is 4. The Kier molecular flexibility index (Phi) is 4.62. The fourth-order valence-electron chi connectivity index (χ4n) is 1.85. The minimum Gasteiger partial charge on any atom is -0.465 e. The van der Waals surface area contributed by atoms with Crippen LogP contribution in [0.15, 0.2) is 16.9 Å². The Labute approximate surface area is 122 Å². The van der Waals surface area contributed by atoms with Crippen LogP contribution in [-0.2, 0) is 9.53 Å². The second-order valence-electron chi connectivity index (χ2n) is 5.01. The molecule has 7 nitrogen and oxygen atoms in total. The second kappa shape index (κ2) is 6.43. The first kappa shape index (κ1) is 15.1. The van der Waals surface area contributed by atoms with Gasteiger partial charge < -0.3 is 9.26 Å². The molecule has 0 saturated carbocycles. The van der Waals surface area contributed by atoms with Crippen LogP contribution in [0.5, 0.6) is 0 Å². The van der Waals surface area contributed by atoms with Crippen LogP contribution in [0.25, 0.3) is 11.6 Å². The molecule has 0 amide bonds. The van der Waals surface area contributed by atoms with Crippen molar-refractivity contribution >= 4 is 5.97 Å². The average Bonchev–Trinajstić information content (AvgIpc) is 2.89. The van der Waals surface area contributed by atoms with Crippen molar-refractivity contribution in [1.29, 1.82) is 0 Å². The van der Waals surface area contributed by atoms with Gasteiger partial charge in [0.1, 0.15) is 5.92 Å². The van der Waals surface area contributed by atoms with E-state index in [1.807, 2.05) is 20.8 Å². The van der Waals surface area contributed by atoms with Crippen molar-refractivity contribution in [3.05, 3.63) is 23.8 Å². The molecule has 1 atom stereocenters. The van der Waals surface area contributed by atoms with E-state index >= 15 is 0 Å². The van der Waals surface area contributed by atoms with Gasteiger partial charge in [0.2, 0.25) is 17.5 Å². The summed E-state index contributed by atoms with van der Waals surface area (Å²) in [6.07, 6.45) is 3.34. The molecule has 0 saturated heterocycles. The van der Waals surface area contributed by atoms with Gasteiger partial charge in [0.15, 0.2) is 0 Å². The lowest BCUT2D eigenvalue weighted by atomic mass is 9.96. The Morgan fingerprint density at radius 3 is 2.52 bits per heavy atom. The highest BCUT2D eigenvalue weighted by atomic mass is 16.5. The molecule has 2 aromatic heterocycles. The maximum atomic E-state index is 12.0. The van der Waals surface area contributed by atoms with E-state index in [4.69, 9.17) is 9.26 Å². The Bertz CT molecular complexity index is 607. The molecule has 0 N–H and O–H groups in total. The largest absolute Gasteiger partial charge is 0.465 e. The van der Waals surface area contributed by atoms with E-state index < -0.39 is 5.92 Å². The summed E-state index contributed by atoms with van der Waals surface area (Å²) in [7, 11) is 0. The van der Waals surface area contributed by atoms with Crippen molar-refractivity contribution in [2.24, 2.45) is 5.92 Å². The van der Waals surface area contributed by atoms with E-state index in [0.29, 0.717) is 12.4 Å². The number of carbonyl (C=O) groups is 1. The normalized spacial score (nSPS) is 12.4. The molecule has 0 radical (unpaired) electrons. The fraction of sp³-hybridized carbons (Fsp3) is 0.500. The van der Waals surface area contributed by atoms with Crippen molar-refractivity contribution in [1.82, 2.24) is 20.1 Å². The lowest BCUT2D eigenvalue weighted by Gasteiger charge is -2.14. The zero-order valence-corrected chi connectivity index (χ0v) is 12.5. The third kappa shape index (κ3) is 3.42. The van der Waals surface area contributed by atoms with Gasteiger partial charge in [0.25, 0.3) is 0 Å². The molecule has 7 heteroatoms. The summed E-state index contributed by atoms with van der Waals surface area (Å²) in [5.41, 5.74) is 0.939. The number of rotatable bonds is 5. The maximum absolute atomic E-state index is 12.0. The molecular weight excluding hydrogens is 272 g/mol. The van der Waals surface area contributed by atoms with Crippen LogP contribution in [0.2, 0.25) is 0 Å². The van der Waals surface area contributed by atoms with Crippen molar-refractivity contribution in [2.75, 3.05) is 6.61 Å². The molecule has 2 rings (SSSR count). The third-order valence-corrected chi connectivity index (χ3v) is 2.90. The molecule has 112 valence electrons. The summed E-state index contributed by atoms with van der Waals surface area (Å²) in [5.74, 6) is -0.120. The monoisotopic (exact) mass is 290 g/mol. The standard InChI is InChI=1S/C14H18N4O3/c1-5-20-14(19)10(8(2)3)13-17-12(18-21-13)11-15-6-9(4)7-16-11/h6-8,10H,5H2,1-4H3. The molecular formula is C14H18N4O3. The van der Waals surface area contributed by atoms with Crippen molar-refractivity contribution in [3.63, 3.8) is 0 Å². The molecule has 0 bridgehead atoms. The zero-order valence-electron chi connectivity index (χ0n) is 12.5. The van der Waals surface area contributed by atoms with Crippen LogP contribution in [0.1, 0.15) is 38.1 Å². The predicted molar refractivity (Wildman–Crippen MR) is 74.3 cm³/mol. The number of nitrogens with zero attached hydrogens (tertiary/aromatic N) is 4. The zero-order chi connectivity index (χ0) is 15.4. The number of aryl methyl sites for hydroxylation is 1. The smallest absolute Gasteiger partial charge is 0.318 e. The Balaban J connectivity index is 2.28. The van der Waals surface area contributed by atoms with Crippen LogP contribution in [0.3, 0.4) is 0 Å². The first-order chi connectivity index (χ1) is 10.0. The molecule has 0 aliphatic carbocycles. The van der Waals surface area contributed by atoms with Crippen molar-refractivity contribution in [3.8, 4) is 11.6 Å². The van der Waals surface area contributed by atoms with Gasteiger partial charge in [-0.05, 0) is 25.3 Å². The lowest BCUT2D eigenvalue weighted by molar-refractivity contribution is -0.146. The van der Waals surface area contributed by atoms with E-state index in [1.54, 1.807) is 19.3 Å². The van der Waals surface area contributed by atoms with Crippen LogP contribution in [0, 0.1) is 12.8 Å². The summed E-state index contributed by atoms with van der Waals surface area (Å²) in [6, 6.07) is 0. The quantitative estimate of drug-likeness (QED) is 0.779. The Morgan fingerprint density at radius 1 is 1.29 bits per heavy atom. The fourth-order valence-corrected chi connectivity index (χ4v) is 1.85. The van der Waals surface area contributed by atoms with Gasteiger partial charge in [-0.1, -0.05) is 19.0 Å². The van der Waals surface area contributed by atoms with Crippen molar-refractivity contribution in [2.45, 2.75) is 33.6 Å². The molecule has 2 heterocycles. The molecule has 0 fully saturated rings. The van der Waals surface area contributed by atoms with E-state index in [0.717, 1.165) is 5.56 Å². The Morgan fingerprint density at radius 2 is 1.95 bits per heavy atom. The molecule has 0 aromatic carbocycles. The van der Waals surface area contributed by atoms with Gasteiger partial charge in [-0.15, -0.1) is 0 Å². The van der Waals surface area contributed by atoms with Gasteiger partial charge in [-0.2, -0.15) is 4.98 Å². The molecule has 21 heavy (non-hydrogen) atoms. The molecule has 0 spiro atoms. The lowest BCUT2D eigenvalue weighted by Crippen LogP contribution is -2.21. The summed E-state index contributed by atoms with van der Waals surface area (Å²) >= 11 is 0. The van der Waals surface area contributed by atoms with E-state index in [2.05, 4.69) is 20.1 Å². The van der Waals surface area contributed by atoms with E-state index in [-0.39, 0.29) is 23.6 Å². The minimum atomic E-state index is -0.586. The Hall–Kier alpha value is -2.31. The summed E-state index contributed by atoms with van der Waals surface area (Å²) in [4.78, 5) is 24.5. The van der Waals surface area contributed by atoms with Crippen LogP contribution < -0.4 is 0 Å². The van der Waals surface area contributed by atoms with Gasteiger partial charge in [-0.3, -0.25) is 4.79 Å². The maximum Gasteiger partial charge on any atom is 0.318 e. The van der Waals surface area contributed by atoms with Crippen LogP contribution in [0.4, 0.5) is 0 Å². The third-order valence-electron chi connectivity index (χ3n) is 2.90. The number of esters is 1. The SMILES string of the molecule is CCOC(=O)C(c1nc(-c2ncc(C)cn2)no1)C(C)C. The molecule has 0 aliphatic rings. The van der Waals surface area contributed by atoms with Gasteiger partial charge in [0, 0.05) is 12.4 Å². The number of hydrogen-bond acceptors (Lipinski definition) is 7. The highest BCUT2D eigenvalue weighted by molar-refractivity contribution is 5.77. The first-order valence-electron chi connectivity index (χ1n) is 6.82.